The number of ketones is 1. The van der Waals surface area contributed by atoms with Crippen LogP contribution in [0.25, 0.3) is 0 Å². The van der Waals surface area contributed by atoms with Crippen LogP contribution in [-0.2, 0) is 31.4 Å². The lowest BCUT2D eigenvalue weighted by Crippen LogP contribution is -2.30. The number of carbonyl (C=O) groups is 2. The van der Waals surface area contributed by atoms with E-state index in [1.165, 1.54) is 4.68 Å². The van der Waals surface area contributed by atoms with Crippen LogP contribution in [0.1, 0.15) is 41.3 Å². The van der Waals surface area contributed by atoms with E-state index in [1.807, 2.05) is 0 Å². The first-order valence-corrected chi connectivity index (χ1v) is 9.61. The first-order valence-electron chi connectivity index (χ1n) is 9.61. The molecular weight excluding hydrogens is 372 g/mol. The number of aromatic nitrogens is 5. The highest BCUT2D eigenvalue weighted by atomic mass is 16.2. The first-order chi connectivity index (χ1) is 14.0. The summed E-state index contributed by atoms with van der Waals surface area (Å²) >= 11 is 0. The molecule has 9 nitrogen and oxygen atoms in total. The van der Waals surface area contributed by atoms with E-state index in [1.54, 1.807) is 52.8 Å². The van der Waals surface area contributed by atoms with Gasteiger partial charge < -0.3 is 9.88 Å². The van der Waals surface area contributed by atoms with Crippen molar-refractivity contribution in [2.75, 3.05) is 5.32 Å². The van der Waals surface area contributed by atoms with Gasteiger partial charge in [-0.1, -0.05) is 6.42 Å². The van der Waals surface area contributed by atoms with E-state index < -0.39 is 0 Å². The number of anilines is 1. The third-order valence-corrected chi connectivity index (χ3v) is 5.03. The average Bonchev–Trinajstić information content (AvgIpc) is 3.16. The van der Waals surface area contributed by atoms with Crippen LogP contribution in [0.4, 0.5) is 5.69 Å². The predicted molar refractivity (Wildman–Crippen MR) is 106 cm³/mol. The Kier molecular flexibility index (Phi) is 5.11. The summed E-state index contributed by atoms with van der Waals surface area (Å²) in [5.41, 5.74) is 0.777. The normalized spacial score (nSPS) is 13.6. The molecule has 0 spiro atoms. The Morgan fingerprint density at radius 1 is 1.14 bits per heavy atom. The summed E-state index contributed by atoms with van der Waals surface area (Å²) in [4.78, 5) is 41.3. The number of fused-ring (bicyclic) bond motifs is 1. The highest BCUT2D eigenvalue weighted by Crippen LogP contribution is 2.13. The van der Waals surface area contributed by atoms with E-state index in [0.29, 0.717) is 23.6 Å². The molecule has 0 aliphatic carbocycles. The minimum Gasteiger partial charge on any atom is -0.331 e. The molecule has 0 atom stereocenters. The maximum absolute atomic E-state index is 12.5. The Bertz CT molecular complexity index is 1110. The predicted octanol–water partition coefficient (Wildman–Crippen LogP) is 1.37. The lowest BCUT2D eigenvalue weighted by molar-refractivity contribution is -0.117. The minimum atomic E-state index is -0.344. The fraction of sp³-hybridized carbons (Fsp3) is 0.350. The van der Waals surface area contributed by atoms with Crippen molar-refractivity contribution < 1.29 is 9.59 Å². The van der Waals surface area contributed by atoms with Crippen molar-refractivity contribution in [1.29, 1.82) is 0 Å². The molecule has 2 aromatic heterocycles. The van der Waals surface area contributed by atoms with Gasteiger partial charge in [0, 0.05) is 43.7 Å². The zero-order chi connectivity index (χ0) is 20.4. The van der Waals surface area contributed by atoms with Gasteiger partial charge in [-0.25, -0.2) is 14.5 Å². The molecule has 1 aliphatic heterocycles. The van der Waals surface area contributed by atoms with Gasteiger partial charge in [0.05, 0.1) is 0 Å². The second-order valence-corrected chi connectivity index (χ2v) is 7.14. The van der Waals surface area contributed by atoms with Crippen LogP contribution in [0.2, 0.25) is 0 Å². The van der Waals surface area contributed by atoms with Crippen LogP contribution in [0, 0.1) is 0 Å². The zero-order valence-corrected chi connectivity index (χ0v) is 16.2. The van der Waals surface area contributed by atoms with Crippen LogP contribution in [0.3, 0.4) is 0 Å². The minimum absolute atomic E-state index is 0.146. The summed E-state index contributed by atoms with van der Waals surface area (Å²) < 4.78 is 4.54. The second-order valence-electron chi connectivity index (χ2n) is 7.14. The molecule has 29 heavy (non-hydrogen) atoms. The van der Waals surface area contributed by atoms with Crippen molar-refractivity contribution in [1.82, 2.24) is 23.9 Å². The van der Waals surface area contributed by atoms with Crippen molar-refractivity contribution in [3.05, 3.63) is 64.4 Å². The van der Waals surface area contributed by atoms with E-state index in [0.717, 1.165) is 31.5 Å². The topological polar surface area (TPSA) is 104 Å². The molecule has 0 unspecified atom stereocenters. The monoisotopic (exact) mass is 394 g/mol. The number of carbonyl (C=O) groups excluding carboxylic acids is 2. The van der Waals surface area contributed by atoms with E-state index >= 15 is 0 Å². The molecule has 0 saturated heterocycles. The third-order valence-electron chi connectivity index (χ3n) is 5.03. The average molecular weight is 394 g/mol. The molecule has 0 bridgehead atoms. The number of benzene rings is 1. The Balaban J connectivity index is 1.42. The summed E-state index contributed by atoms with van der Waals surface area (Å²) in [6, 6.07) is 6.58. The summed E-state index contributed by atoms with van der Waals surface area (Å²) in [5, 5.41) is 7.06. The molecular formula is C20H22N6O3. The molecule has 150 valence electrons. The van der Waals surface area contributed by atoms with Crippen molar-refractivity contribution in [3.8, 4) is 0 Å². The molecule has 1 aromatic carbocycles. The largest absolute Gasteiger partial charge is 0.346 e. The Labute approximate surface area is 167 Å². The fourth-order valence-electron chi connectivity index (χ4n) is 3.48. The summed E-state index contributed by atoms with van der Waals surface area (Å²) in [5.74, 6) is 0.558. The standard InChI is InChI=1S/C20H22N6O3/c1-24-12-10-21-19(24)18(28)14-6-8-15(9-7-14)22-17(27)13-26-20(29)25-11-4-2-3-5-16(25)23-26/h6-10,12H,2-5,11,13H2,1H3,(H,22,27). The third kappa shape index (κ3) is 3.89. The fourth-order valence-corrected chi connectivity index (χ4v) is 3.48. The van der Waals surface area contributed by atoms with Crippen LogP contribution >= 0.6 is 0 Å². The van der Waals surface area contributed by atoms with Gasteiger partial charge in [0.15, 0.2) is 5.82 Å². The smallest absolute Gasteiger partial charge is 0.331 e. The molecule has 9 heteroatoms. The van der Waals surface area contributed by atoms with Crippen LogP contribution in [0.15, 0.2) is 41.5 Å². The van der Waals surface area contributed by atoms with E-state index in [4.69, 9.17) is 0 Å². The lowest BCUT2D eigenvalue weighted by Gasteiger charge is -2.06. The Hall–Kier alpha value is -3.49. The van der Waals surface area contributed by atoms with Gasteiger partial charge in [-0.05, 0) is 37.1 Å². The molecule has 4 rings (SSSR count). The quantitative estimate of drug-likeness (QED) is 0.659. The van der Waals surface area contributed by atoms with Gasteiger partial charge in [-0.15, -0.1) is 0 Å². The van der Waals surface area contributed by atoms with E-state index in [9.17, 15) is 14.4 Å². The summed E-state index contributed by atoms with van der Waals surface area (Å²) in [6.07, 6.45) is 7.08. The molecule has 3 heterocycles. The number of nitrogens with zero attached hydrogens (tertiary/aromatic N) is 5. The molecule has 0 radical (unpaired) electrons. The number of hydrogen-bond acceptors (Lipinski definition) is 5. The van der Waals surface area contributed by atoms with Gasteiger partial charge in [-0.2, -0.15) is 5.10 Å². The van der Waals surface area contributed by atoms with E-state index in [2.05, 4.69) is 15.4 Å². The molecule has 3 aromatic rings. The highest BCUT2D eigenvalue weighted by Gasteiger charge is 2.18. The maximum atomic E-state index is 12.5. The van der Waals surface area contributed by atoms with E-state index in [-0.39, 0.29) is 23.9 Å². The van der Waals surface area contributed by atoms with Gasteiger partial charge >= 0.3 is 5.69 Å². The van der Waals surface area contributed by atoms with Crippen molar-refractivity contribution in [2.24, 2.45) is 7.05 Å². The molecule has 1 amide bonds. The van der Waals surface area contributed by atoms with Gasteiger partial charge in [0.25, 0.3) is 0 Å². The number of amides is 1. The van der Waals surface area contributed by atoms with Gasteiger partial charge in [-0.3, -0.25) is 14.2 Å². The summed E-state index contributed by atoms with van der Waals surface area (Å²) in [7, 11) is 1.76. The molecule has 0 saturated carbocycles. The Morgan fingerprint density at radius 2 is 1.93 bits per heavy atom. The number of nitrogens with one attached hydrogen (secondary N) is 1. The number of hydrogen-bond donors (Lipinski definition) is 1. The van der Waals surface area contributed by atoms with Crippen LogP contribution < -0.4 is 11.0 Å². The molecule has 1 N–H and O–H groups in total. The van der Waals surface area contributed by atoms with Gasteiger partial charge in [0.2, 0.25) is 11.7 Å². The molecule has 1 aliphatic rings. The zero-order valence-electron chi connectivity index (χ0n) is 16.2. The summed E-state index contributed by atoms with van der Waals surface area (Å²) in [6.45, 7) is 0.508. The van der Waals surface area contributed by atoms with Gasteiger partial charge in [0.1, 0.15) is 12.4 Å². The molecule has 0 fully saturated rings. The first kappa shape index (κ1) is 18.9. The SMILES string of the molecule is Cn1ccnc1C(=O)c1ccc(NC(=O)Cn2nc3n(c2=O)CCCCC3)cc1. The van der Waals surface area contributed by atoms with Crippen molar-refractivity contribution >= 4 is 17.4 Å². The highest BCUT2D eigenvalue weighted by molar-refractivity contribution is 6.07. The number of rotatable bonds is 5. The van der Waals surface area contributed by atoms with Crippen molar-refractivity contribution in [3.63, 3.8) is 0 Å². The Morgan fingerprint density at radius 3 is 2.66 bits per heavy atom. The number of imidazole rings is 1. The van der Waals surface area contributed by atoms with Crippen LogP contribution in [0.5, 0.6) is 0 Å². The number of aryl methyl sites for hydroxylation is 2. The lowest BCUT2D eigenvalue weighted by atomic mass is 10.1. The maximum Gasteiger partial charge on any atom is 0.346 e. The second kappa shape index (κ2) is 7.86. The van der Waals surface area contributed by atoms with Crippen LogP contribution in [-0.4, -0.2) is 35.6 Å². The van der Waals surface area contributed by atoms with Crippen molar-refractivity contribution in [2.45, 2.75) is 38.8 Å².